The van der Waals surface area contributed by atoms with Crippen molar-refractivity contribution in [1.29, 1.82) is 0 Å². The molecule has 0 radical (unpaired) electrons. The Hall–Kier alpha value is -6.80. The number of aromatic amines is 1. The Bertz CT molecular complexity index is 2190. The predicted octanol–water partition coefficient (Wildman–Crippen LogP) is -1.83. The second-order valence-electron chi connectivity index (χ2n) is 17.3. The first-order valence-corrected chi connectivity index (χ1v) is 23.7. The molecule has 0 aliphatic carbocycles. The molecule has 2 aromatic rings. The van der Waals surface area contributed by atoms with Gasteiger partial charge in [-0.3, -0.25) is 47.9 Å². The van der Waals surface area contributed by atoms with Crippen molar-refractivity contribution in [2.75, 3.05) is 18.6 Å². The van der Waals surface area contributed by atoms with Gasteiger partial charge in [-0.15, -0.1) is 0 Å². The lowest BCUT2D eigenvalue weighted by atomic mass is 10.0. The van der Waals surface area contributed by atoms with Crippen LogP contribution in [0.1, 0.15) is 78.2 Å². The van der Waals surface area contributed by atoms with Crippen LogP contribution in [-0.4, -0.2) is 163 Å². The van der Waals surface area contributed by atoms with Gasteiger partial charge in [0.2, 0.25) is 41.4 Å². The Morgan fingerprint density at radius 3 is 1.50 bits per heavy atom. The zero-order valence-corrected chi connectivity index (χ0v) is 40.3. The van der Waals surface area contributed by atoms with E-state index in [0.29, 0.717) is 10.9 Å². The van der Waals surface area contributed by atoms with Gasteiger partial charge in [0.1, 0.15) is 42.3 Å². The van der Waals surface area contributed by atoms with Gasteiger partial charge in [0, 0.05) is 29.9 Å². The molecule has 0 spiro atoms. The summed E-state index contributed by atoms with van der Waals surface area (Å²) in [6.45, 7) is 5.75. The first-order valence-electron chi connectivity index (χ1n) is 22.3. The Labute approximate surface area is 407 Å². The van der Waals surface area contributed by atoms with Crippen molar-refractivity contribution >= 4 is 87.9 Å². The van der Waals surface area contributed by atoms with E-state index in [1.165, 1.54) is 11.8 Å². The highest BCUT2D eigenvalue weighted by Crippen LogP contribution is 2.20. The number of fused-ring (bicyclic) bond motifs is 1. The first-order chi connectivity index (χ1) is 32.9. The average Bonchev–Trinajstić information content (AvgIpc) is 3.68. The number of para-hydroxylation sites is 1. The van der Waals surface area contributed by atoms with E-state index < -0.39 is 146 Å². The van der Waals surface area contributed by atoms with Crippen LogP contribution in [0, 0.1) is 11.8 Å². The monoisotopic (exact) mass is 1010 g/mol. The third kappa shape index (κ3) is 20.4. The van der Waals surface area contributed by atoms with Crippen molar-refractivity contribution < 1.29 is 78.3 Å². The van der Waals surface area contributed by atoms with Crippen LogP contribution in [0.15, 0.2) is 30.5 Å². The number of aliphatic hydroxyl groups excluding tert-OH is 1. The number of nitrogens with one attached hydrogen (secondary N) is 8. The number of aliphatic carboxylic acids is 4. The second kappa shape index (κ2) is 29.3. The first kappa shape index (κ1) is 59.3. The minimum atomic E-state index is -1.86. The molecule has 388 valence electrons. The molecular weight excluding hydrogens is 943 g/mol. The number of thioether (sulfide) groups is 1. The fourth-order valence-corrected chi connectivity index (χ4v) is 7.41. The van der Waals surface area contributed by atoms with E-state index in [-0.39, 0.29) is 43.3 Å². The Morgan fingerprint density at radius 2 is 1.01 bits per heavy atom. The van der Waals surface area contributed by atoms with Gasteiger partial charge in [0.15, 0.2) is 0 Å². The summed E-state index contributed by atoms with van der Waals surface area (Å²) in [5.74, 6) is -13.4. The van der Waals surface area contributed by atoms with Gasteiger partial charge < -0.3 is 73.5 Å². The van der Waals surface area contributed by atoms with Crippen LogP contribution in [-0.2, 0) is 59.2 Å². The summed E-state index contributed by atoms with van der Waals surface area (Å²) in [5, 5.41) is 65.2. The van der Waals surface area contributed by atoms with E-state index in [4.69, 9.17) is 10.8 Å². The number of amides is 7. The molecule has 2 rings (SSSR count). The molecule has 0 saturated carbocycles. The standard InChI is InChI=1S/C44H65N9O16S/c1-21(2)14-29(40(64)47-27(10-11-34(55)56)38(62)52-32(44(68)69)16-23-19-46-26-9-7-6-8-24(23)26)49-39(63)28(12-13-70-5)48-42(66)31(18-36(59)60)51-41(65)30(15-22(3)4)50-43(67)33(20-54)53-37(61)25(45)17-35(57)58/h6-9,19,21-22,25,27-33,46,54H,10-18,20,45H2,1-5H3,(H,47,64)(H,48,66)(H,49,63)(H,50,67)(H,51,65)(H,52,62)(H,53,61)(H,55,56)(H,57,58)(H,59,60)(H,68,69)/t25-,27-,28-,29-,30-,31-,32-,33-/m0/s1. The summed E-state index contributed by atoms with van der Waals surface area (Å²) in [7, 11) is 0. The summed E-state index contributed by atoms with van der Waals surface area (Å²) in [4.78, 5) is 144. The number of benzene rings is 1. The molecule has 0 fully saturated rings. The minimum Gasteiger partial charge on any atom is -0.481 e. The number of carboxylic acid groups (broad SMARTS) is 4. The molecule has 0 unspecified atom stereocenters. The molecule has 1 aromatic carbocycles. The lowest BCUT2D eigenvalue weighted by Crippen LogP contribution is -2.61. The van der Waals surface area contributed by atoms with Crippen molar-refractivity contribution in [3.63, 3.8) is 0 Å². The molecule has 0 aliphatic rings. The maximum atomic E-state index is 14.0. The van der Waals surface area contributed by atoms with Gasteiger partial charge in [0.25, 0.3) is 0 Å². The van der Waals surface area contributed by atoms with E-state index in [9.17, 15) is 73.2 Å². The number of carbonyl (C=O) groups excluding carboxylic acids is 7. The number of hydrogen-bond donors (Lipinski definition) is 14. The summed E-state index contributed by atoms with van der Waals surface area (Å²) >= 11 is 1.27. The molecule has 15 N–H and O–H groups in total. The maximum absolute atomic E-state index is 14.0. The van der Waals surface area contributed by atoms with Crippen LogP contribution < -0.4 is 43.0 Å². The fourth-order valence-electron chi connectivity index (χ4n) is 6.94. The van der Waals surface area contributed by atoms with Crippen LogP contribution in [0.5, 0.6) is 0 Å². The highest BCUT2D eigenvalue weighted by molar-refractivity contribution is 7.98. The Balaban J connectivity index is 2.34. The van der Waals surface area contributed by atoms with E-state index in [1.54, 1.807) is 64.4 Å². The number of carboxylic acids is 4. The zero-order valence-electron chi connectivity index (χ0n) is 39.4. The minimum absolute atomic E-state index is 0.0526. The maximum Gasteiger partial charge on any atom is 0.326 e. The summed E-state index contributed by atoms with van der Waals surface area (Å²) < 4.78 is 0. The average molecular weight is 1010 g/mol. The fraction of sp³-hybridized carbons (Fsp3) is 0.568. The van der Waals surface area contributed by atoms with Gasteiger partial charge in [-0.25, -0.2) is 4.79 Å². The van der Waals surface area contributed by atoms with E-state index in [0.717, 1.165) is 5.52 Å². The van der Waals surface area contributed by atoms with Gasteiger partial charge in [-0.1, -0.05) is 45.9 Å². The number of carbonyl (C=O) groups is 11. The van der Waals surface area contributed by atoms with Crippen molar-refractivity contribution in [2.24, 2.45) is 17.6 Å². The van der Waals surface area contributed by atoms with Crippen LogP contribution in [0.4, 0.5) is 0 Å². The highest BCUT2D eigenvalue weighted by Gasteiger charge is 2.36. The van der Waals surface area contributed by atoms with Crippen LogP contribution >= 0.6 is 11.8 Å². The number of aliphatic hydroxyl groups is 1. The number of H-pyrrole nitrogens is 1. The molecule has 1 aromatic heterocycles. The Morgan fingerprint density at radius 1 is 0.571 bits per heavy atom. The Kier molecular flexibility index (Phi) is 24.8. The van der Waals surface area contributed by atoms with Crippen molar-refractivity contribution in [3.05, 3.63) is 36.0 Å². The third-order valence-corrected chi connectivity index (χ3v) is 11.1. The quantitative estimate of drug-likeness (QED) is 0.0383. The highest BCUT2D eigenvalue weighted by atomic mass is 32.2. The normalized spacial score (nSPS) is 14.6. The van der Waals surface area contributed by atoms with Crippen LogP contribution in [0.25, 0.3) is 10.9 Å². The summed E-state index contributed by atoms with van der Waals surface area (Å²) in [5.41, 5.74) is 6.83. The van der Waals surface area contributed by atoms with Gasteiger partial charge >= 0.3 is 23.9 Å². The topological polar surface area (TPSA) is 415 Å². The van der Waals surface area contributed by atoms with Crippen LogP contribution in [0.2, 0.25) is 0 Å². The second-order valence-corrected chi connectivity index (χ2v) is 18.3. The largest absolute Gasteiger partial charge is 0.481 e. The molecule has 70 heavy (non-hydrogen) atoms. The van der Waals surface area contributed by atoms with Crippen molar-refractivity contribution in [3.8, 4) is 0 Å². The van der Waals surface area contributed by atoms with E-state index >= 15 is 0 Å². The molecule has 0 saturated heterocycles. The molecular formula is C44H65N9O16S. The molecule has 0 bridgehead atoms. The van der Waals surface area contributed by atoms with E-state index in [1.807, 2.05) is 0 Å². The SMILES string of the molecule is CSCC[C@H](NC(=O)[C@H](CC(=O)O)NC(=O)[C@H](CC(C)C)NC(=O)[C@H](CO)NC(=O)[C@@H](N)CC(=O)O)C(=O)N[C@@H](CC(C)C)C(=O)N[C@@H](CCC(=O)O)C(=O)N[C@@H](Cc1c[nH]c2ccccc12)C(=O)O. The van der Waals surface area contributed by atoms with Crippen molar-refractivity contribution in [2.45, 2.75) is 127 Å². The third-order valence-electron chi connectivity index (χ3n) is 10.5. The molecule has 25 nitrogen and oxygen atoms in total. The molecule has 0 aliphatic heterocycles. The van der Waals surface area contributed by atoms with Crippen molar-refractivity contribution in [1.82, 2.24) is 42.2 Å². The smallest absolute Gasteiger partial charge is 0.326 e. The summed E-state index contributed by atoms with van der Waals surface area (Å²) in [6.07, 6.45) is -0.0411. The van der Waals surface area contributed by atoms with Gasteiger partial charge in [-0.2, -0.15) is 11.8 Å². The number of hydrogen-bond acceptors (Lipinski definition) is 14. The lowest BCUT2D eigenvalue weighted by Gasteiger charge is -2.28. The molecule has 1 heterocycles. The van der Waals surface area contributed by atoms with E-state index in [2.05, 4.69) is 42.2 Å². The number of rotatable bonds is 32. The molecule has 7 amide bonds. The number of nitrogens with two attached hydrogens (primary N) is 1. The van der Waals surface area contributed by atoms with Crippen LogP contribution in [0.3, 0.4) is 0 Å². The summed E-state index contributed by atoms with van der Waals surface area (Å²) in [6, 6.07) is -5.56. The lowest BCUT2D eigenvalue weighted by molar-refractivity contribution is -0.143. The molecule has 26 heteroatoms. The zero-order chi connectivity index (χ0) is 52.8. The number of aromatic nitrogens is 1. The molecule has 8 atom stereocenters. The predicted molar refractivity (Wildman–Crippen MR) is 251 cm³/mol. The van der Waals surface area contributed by atoms with Gasteiger partial charge in [-0.05, 0) is 61.2 Å². The van der Waals surface area contributed by atoms with Gasteiger partial charge in [0.05, 0.1) is 25.5 Å².